The third kappa shape index (κ3) is 57.1. The first-order chi connectivity index (χ1) is 39.8. The molecule has 0 aromatic heterocycles. The first-order valence-corrected chi connectivity index (χ1v) is 35.7. The molecule has 0 aromatic carbocycles. The van der Waals surface area contributed by atoms with Gasteiger partial charge in [0.15, 0.2) is 12.2 Å². The molecule has 17 nitrogen and oxygen atoms in total. The van der Waals surface area contributed by atoms with Gasteiger partial charge in [-0.05, 0) is 69.1 Å². The van der Waals surface area contributed by atoms with Gasteiger partial charge in [0.05, 0.1) is 26.4 Å². The van der Waals surface area contributed by atoms with E-state index < -0.39 is 97.5 Å². The van der Waals surface area contributed by atoms with Crippen LogP contribution in [0.4, 0.5) is 0 Å². The Morgan fingerprint density at radius 2 is 0.711 bits per heavy atom. The summed E-state index contributed by atoms with van der Waals surface area (Å²) in [5.74, 6) is -0.101. The third-order valence-corrected chi connectivity index (χ3v) is 16.3. The molecule has 6 atom stereocenters. The minimum Gasteiger partial charge on any atom is -0.462 e. The van der Waals surface area contributed by atoms with E-state index in [0.717, 1.165) is 121 Å². The lowest BCUT2D eigenvalue weighted by Crippen LogP contribution is -2.30. The van der Waals surface area contributed by atoms with Crippen LogP contribution in [0.3, 0.4) is 0 Å². The van der Waals surface area contributed by atoms with Gasteiger partial charge in [-0.25, -0.2) is 9.13 Å². The van der Waals surface area contributed by atoms with Crippen LogP contribution >= 0.6 is 15.6 Å². The van der Waals surface area contributed by atoms with Crippen molar-refractivity contribution in [3.63, 3.8) is 0 Å². The molecule has 0 aliphatic rings. The number of carbonyl (C=O) groups is 4. The topological polar surface area (TPSA) is 237 Å². The number of esters is 4. The Bertz CT molecular complexity index is 1740. The van der Waals surface area contributed by atoms with Gasteiger partial charge in [0.1, 0.15) is 19.3 Å². The van der Waals surface area contributed by atoms with E-state index in [1.54, 1.807) is 0 Å². The number of phosphoric acid groups is 2. The van der Waals surface area contributed by atoms with Gasteiger partial charge in [-0.1, -0.05) is 233 Å². The second-order valence-corrected chi connectivity index (χ2v) is 26.6. The molecular weight excluding hydrogens is 1100 g/mol. The summed E-state index contributed by atoms with van der Waals surface area (Å²) >= 11 is 0. The molecule has 0 radical (unpaired) electrons. The summed E-state index contributed by atoms with van der Waals surface area (Å²) in [4.78, 5) is 72.1. The SMILES string of the molecule is CCCCCC/C=C\C=C/CCCCCCCC(=O)O[C@H](COC(=O)CCCCCCCCC(C)C)COP(=O)(O)OC[C@H](O)COP(=O)(O)OC[C@@H](COC(=O)CCCCCCCCC(C)CC)OC(=O)CCCCCCCCC(C)C. The lowest BCUT2D eigenvalue weighted by Gasteiger charge is -2.21. The molecule has 19 heteroatoms. The maximum Gasteiger partial charge on any atom is 0.472 e. The summed E-state index contributed by atoms with van der Waals surface area (Å²) in [5.41, 5.74) is 0. The van der Waals surface area contributed by atoms with Crippen LogP contribution in [-0.4, -0.2) is 96.7 Å². The van der Waals surface area contributed by atoms with Crippen LogP contribution in [0, 0.1) is 17.8 Å². The van der Waals surface area contributed by atoms with Gasteiger partial charge >= 0.3 is 39.5 Å². The average Bonchev–Trinajstić information content (AvgIpc) is 3.44. The Labute approximate surface area is 503 Å². The number of ether oxygens (including phenoxy) is 4. The van der Waals surface area contributed by atoms with E-state index >= 15 is 0 Å². The number of carbonyl (C=O) groups excluding carboxylic acids is 4. The standard InChI is InChI=1S/C64H120O17P2/c1-8-10-11-12-13-14-15-16-17-18-19-20-21-33-40-47-63(68)80-59(51-74-61(66)45-38-31-25-22-28-35-42-55(3)4)53-78-82(70,71)76-49-58(65)50-77-83(72,73)79-54-60(81-64(69)48-41-34-26-23-29-36-43-56(5)6)52-75-62(67)46-39-32-27-24-30-37-44-57(7)9-2/h14-17,55-60,65H,8-13,18-54H2,1-7H3,(H,70,71)(H,72,73)/b15-14-,17-16-/t57?,58-,59+,60+/m0/s1. The molecule has 3 unspecified atom stereocenters. The van der Waals surface area contributed by atoms with E-state index in [4.69, 9.17) is 37.0 Å². The Morgan fingerprint density at radius 3 is 1.07 bits per heavy atom. The molecular formula is C64H120O17P2. The van der Waals surface area contributed by atoms with Crippen LogP contribution in [0.15, 0.2) is 24.3 Å². The molecule has 3 N–H and O–H groups in total. The predicted molar refractivity (Wildman–Crippen MR) is 330 cm³/mol. The lowest BCUT2D eigenvalue weighted by molar-refractivity contribution is -0.161. The highest BCUT2D eigenvalue weighted by Crippen LogP contribution is 2.45. The number of phosphoric ester groups is 2. The molecule has 0 aromatic rings. The molecule has 0 saturated heterocycles. The second-order valence-electron chi connectivity index (χ2n) is 23.7. The number of aliphatic hydroxyl groups is 1. The predicted octanol–water partition coefficient (Wildman–Crippen LogP) is 17.1. The van der Waals surface area contributed by atoms with Crippen molar-refractivity contribution in [3.05, 3.63) is 24.3 Å². The van der Waals surface area contributed by atoms with E-state index in [0.29, 0.717) is 37.5 Å². The van der Waals surface area contributed by atoms with Crippen molar-refractivity contribution in [3.8, 4) is 0 Å². The maximum atomic E-state index is 13.0. The van der Waals surface area contributed by atoms with Crippen LogP contribution in [-0.2, 0) is 65.4 Å². The monoisotopic (exact) mass is 1220 g/mol. The molecule has 0 aliphatic carbocycles. The largest absolute Gasteiger partial charge is 0.472 e. The first kappa shape index (κ1) is 80.5. The summed E-state index contributed by atoms with van der Waals surface area (Å²) in [6, 6.07) is 0. The zero-order valence-electron chi connectivity index (χ0n) is 53.1. The fourth-order valence-electron chi connectivity index (χ4n) is 8.91. The molecule has 0 bridgehead atoms. The van der Waals surface area contributed by atoms with Crippen molar-refractivity contribution in [2.45, 2.75) is 304 Å². The fraction of sp³-hybridized carbons (Fsp3) is 0.875. The maximum absolute atomic E-state index is 13.0. The van der Waals surface area contributed by atoms with E-state index in [9.17, 15) is 43.2 Å². The van der Waals surface area contributed by atoms with Gasteiger partial charge in [0.25, 0.3) is 0 Å². The van der Waals surface area contributed by atoms with E-state index in [2.05, 4.69) is 72.8 Å². The summed E-state index contributed by atoms with van der Waals surface area (Å²) in [6.07, 6.45) is 38.8. The molecule has 488 valence electrons. The van der Waals surface area contributed by atoms with Gasteiger partial charge < -0.3 is 33.8 Å². The van der Waals surface area contributed by atoms with E-state index in [1.165, 1.54) is 70.6 Å². The lowest BCUT2D eigenvalue weighted by atomic mass is 10.00. The fourth-order valence-corrected chi connectivity index (χ4v) is 10.5. The number of allylic oxidation sites excluding steroid dienone is 4. The van der Waals surface area contributed by atoms with Crippen molar-refractivity contribution in [1.29, 1.82) is 0 Å². The quantitative estimate of drug-likeness (QED) is 0.0169. The van der Waals surface area contributed by atoms with Gasteiger partial charge in [-0.15, -0.1) is 0 Å². The highest BCUT2D eigenvalue weighted by Gasteiger charge is 2.30. The Kier molecular flexibility index (Phi) is 53.3. The molecule has 0 aliphatic heterocycles. The normalized spacial score (nSPS) is 14.9. The Morgan fingerprint density at radius 1 is 0.398 bits per heavy atom. The third-order valence-electron chi connectivity index (χ3n) is 14.4. The highest BCUT2D eigenvalue weighted by molar-refractivity contribution is 7.47. The molecule has 0 saturated carbocycles. The number of aliphatic hydroxyl groups excluding tert-OH is 1. The number of hydrogen-bond acceptors (Lipinski definition) is 15. The Balaban J connectivity index is 5.27. The van der Waals surface area contributed by atoms with Crippen molar-refractivity contribution < 1.29 is 80.2 Å². The first-order valence-electron chi connectivity index (χ1n) is 32.7. The van der Waals surface area contributed by atoms with E-state index in [1.807, 2.05) is 0 Å². The van der Waals surface area contributed by atoms with Crippen LogP contribution in [0.2, 0.25) is 0 Å². The summed E-state index contributed by atoms with van der Waals surface area (Å²) in [5, 5.41) is 10.5. The molecule has 83 heavy (non-hydrogen) atoms. The van der Waals surface area contributed by atoms with Gasteiger partial charge in [0.2, 0.25) is 0 Å². The molecule has 0 fully saturated rings. The summed E-state index contributed by atoms with van der Waals surface area (Å²) in [7, 11) is -9.90. The van der Waals surface area contributed by atoms with Crippen LogP contribution < -0.4 is 0 Å². The second kappa shape index (κ2) is 54.9. The smallest absolute Gasteiger partial charge is 0.462 e. The molecule has 0 spiro atoms. The number of unbranched alkanes of at least 4 members (excludes halogenated alkanes) is 24. The zero-order valence-corrected chi connectivity index (χ0v) is 54.9. The summed E-state index contributed by atoms with van der Waals surface area (Å²) in [6.45, 7) is 11.5. The minimum absolute atomic E-state index is 0.0831. The highest BCUT2D eigenvalue weighted by atomic mass is 31.2. The van der Waals surface area contributed by atoms with Crippen molar-refractivity contribution in [2.75, 3.05) is 39.6 Å². The summed E-state index contributed by atoms with van der Waals surface area (Å²) < 4.78 is 67.9. The van der Waals surface area contributed by atoms with Crippen LogP contribution in [0.25, 0.3) is 0 Å². The van der Waals surface area contributed by atoms with Crippen molar-refractivity contribution in [2.24, 2.45) is 17.8 Å². The van der Waals surface area contributed by atoms with Crippen LogP contribution in [0.1, 0.15) is 286 Å². The molecule has 0 rings (SSSR count). The van der Waals surface area contributed by atoms with E-state index in [-0.39, 0.29) is 25.7 Å². The average molecular weight is 1220 g/mol. The van der Waals surface area contributed by atoms with Crippen molar-refractivity contribution in [1.82, 2.24) is 0 Å². The van der Waals surface area contributed by atoms with Crippen LogP contribution in [0.5, 0.6) is 0 Å². The minimum atomic E-state index is -4.95. The molecule has 0 heterocycles. The van der Waals surface area contributed by atoms with Gasteiger partial charge in [-0.3, -0.25) is 37.3 Å². The Hall–Kier alpha value is -2.46. The number of hydrogen-bond donors (Lipinski definition) is 3. The van der Waals surface area contributed by atoms with Gasteiger partial charge in [-0.2, -0.15) is 0 Å². The molecule has 0 amide bonds. The zero-order chi connectivity index (χ0) is 61.7. The van der Waals surface area contributed by atoms with Crippen molar-refractivity contribution >= 4 is 39.5 Å². The van der Waals surface area contributed by atoms with Gasteiger partial charge in [0, 0.05) is 25.7 Å². The number of rotatable bonds is 60.